The Bertz CT molecular complexity index is 446. The van der Waals surface area contributed by atoms with Crippen LogP contribution in [0, 0.1) is 11.8 Å². The number of hydrogen-bond acceptors (Lipinski definition) is 2. The number of benzene rings is 1. The van der Waals surface area contributed by atoms with Gasteiger partial charge in [-0.3, -0.25) is 0 Å². The van der Waals surface area contributed by atoms with Crippen molar-refractivity contribution in [3.8, 4) is 0 Å². The molecule has 0 amide bonds. The van der Waals surface area contributed by atoms with Crippen LogP contribution in [0.15, 0.2) is 22.7 Å². The fourth-order valence-corrected chi connectivity index (χ4v) is 4.22. The summed E-state index contributed by atoms with van der Waals surface area (Å²) in [5.41, 5.74) is 8.57. The first-order valence-corrected chi connectivity index (χ1v) is 8.21. The zero-order chi connectivity index (χ0) is 13.4. The molecule has 3 unspecified atom stereocenters. The van der Waals surface area contributed by atoms with Gasteiger partial charge in [0.15, 0.2) is 0 Å². The summed E-state index contributed by atoms with van der Waals surface area (Å²) in [5.74, 6) is 1.89. The Balaban J connectivity index is 1.74. The monoisotopic (exact) mass is 322 g/mol. The lowest BCUT2D eigenvalue weighted by Crippen LogP contribution is -2.21. The zero-order valence-corrected chi connectivity index (χ0v) is 13.2. The lowest BCUT2D eigenvalue weighted by molar-refractivity contribution is 0.494. The maximum absolute atomic E-state index is 5.88. The van der Waals surface area contributed by atoms with Crippen LogP contribution in [-0.2, 0) is 6.42 Å². The van der Waals surface area contributed by atoms with Crippen LogP contribution in [0.5, 0.6) is 0 Å². The van der Waals surface area contributed by atoms with Gasteiger partial charge in [0, 0.05) is 29.3 Å². The van der Waals surface area contributed by atoms with E-state index in [1.807, 2.05) is 0 Å². The molecule has 0 bridgehead atoms. The third kappa shape index (κ3) is 2.82. The van der Waals surface area contributed by atoms with E-state index in [-0.39, 0.29) is 6.04 Å². The van der Waals surface area contributed by atoms with Crippen LogP contribution in [0.3, 0.4) is 0 Å². The van der Waals surface area contributed by atoms with Crippen LogP contribution in [0.25, 0.3) is 0 Å². The molecule has 1 saturated carbocycles. The van der Waals surface area contributed by atoms with Crippen molar-refractivity contribution in [2.24, 2.45) is 17.6 Å². The molecule has 19 heavy (non-hydrogen) atoms. The van der Waals surface area contributed by atoms with Crippen LogP contribution < -0.4 is 10.6 Å². The molecule has 0 aromatic heterocycles. The van der Waals surface area contributed by atoms with Gasteiger partial charge in [-0.05, 0) is 55.7 Å². The quantitative estimate of drug-likeness (QED) is 0.921. The third-order valence-corrected chi connectivity index (χ3v) is 5.41. The molecule has 3 heteroatoms. The number of fused-ring (bicyclic) bond motifs is 1. The van der Waals surface area contributed by atoms with Gasteiger partial charge in [-0.25, -0.2) is 0 Å². The zero-order valence-electron chi connectivity index (χ0n) is 11.6. The number of anilines is 1. The highest BCUT2D eigenvalue weighted by Gasteiger charge is 2.36. The Kier molecular flexibility index (Phi) is 3.86. The van der Waals surface area contributed by atoms with E-state index >= 15 is 0 Å². The largest absolute Gasteiger partial charge is 0.371 e. The Labute approximate surface area is 124 Å². The van der Waals surface area contributed by atoms with Crippen LogP contribution >= 0.6 is 15.9 Å². The Morgan fingerprint density at radius 1 is 1.32 bits per heavy atom. The SMILES string of the molecule is CC(N)Cc1ccc(N2CC3CCCC3C2)cc1Br. The minimum Gasteiger partial charge on any atom is -0.371 e. The Morgan fingerprint density at radius 2 is 2.00 bits per heavy atom. The van der Waals surface area contributed by atoms with Gasteiger partial charge in [-0.15, -0.1) is 0 Å². The molecular weight excluding hydrogens is 300 g/mol. The highest BCUT2D eigenvalue weighted by Crippen LogP contribution is 2.40. The summed E-state index contributed by atoms with van der Waals surface area (Å²) in [6.07, 6.45) is 5.25. The van der Waals surface area contributed by atoms with Crippen LogP contribution in [0.1, 0.15) is 31.7 Å². The molecule has 2 aliphatic rings. The van der Waals surface area contributed by atoms with Crippen molar-refractivity contribution < 1.29 is 0 Å². The van der Waals surface area contributed by atoms with Gasteiger partial charge in [0.1, 0.15) is 0 Å². The van der Waals surface area contributed by atoms with Crippen molar-refractivity contribution in [3.63, 3.8) is 0 Å². The Morgan fingerprint density at radius 3 is 2.58 bits per heavy atom. The number of nitrogens with two attached hydrogens (primary N) is 1. The second-order valence-corrected chi connectivity index (χ2v) is 7.17. The van der Waals surface area contributed by atoms with Crippen molar-refractivity contribution in [2.45, 2.75) is 38.6 Å². The number of nitrogens with zero attached hydrogens (tertiary/aromatic N) is 1. The normalized spacial score (nSPS) is 27.6. The average molecular weight is 323 g/mol. The molecule has 3 rings (SSSR count). The van der Waals surface area contributed by atoms with E-state index in [1.54, 1.807) is 0 Å². The van der Waals surface area contributed by atoms with Crippen LogP contribution in [0.4, 0.5) is 5.69 Å². The summed E-state index contributed by atoms with van der Waals surface area (Å²) in [6, 6.07) is 6.99. The molecule has 2 fully saturated rings. The maximum atomic E-state index is 5.88. The molecule has 1 saturated heterocycles. The van der Waals surface area contributed by atoms with E-state index in [0.29, 0.717) is 0 Å². The van der Waals surface area contributed by atoms with Crippen molar-refractivity contribution in [1.29, 1.82) is 0 Å². The van der Waals surface area contributed by atoms with Gasteiger partial charge in [-0.1, -0.05) is 28.4 Å². The van der Waals surface area contributed by atoms with Crippen molar-refractivity contribution in [2.75, 3.05) is 18.0 Å². The van der Waals surface area contributed by atoms with E-state index in [2.05, 4.69) is 46.0 Å². The summed E-state index contributed by atoms with van der Waals surface area (Å²) in [5, 5.41) is 0. The van der Waals surface area contributed by atoms with Crippen molar-refractivity contribution >= 4 is 21.6 Å². The lowest BCUT2D eigenvalue weighted by Gasteiger charge is -2.21. The number of hydrogen-bond donors (Lipinski definition) is 1. The van der Waals surface area contributed by atoms with Crippen LogP contribution in [-0.4, -0.2) is 19.1 Å². The van der Waals surface area contributed by atoms with Gasteiger partial charge in [-0.2, -0.15) is 0 Å². The number of halogens is 1. The van der Waals surface area contributed by atoms with E-state index in [9.17, 15) is 0 Å². The number of rotatable bonds is 3. The highest BCUT2D eigenvalue weighted by molar-refractivity contribution is 9.10. The molecule has 1 heterocycles. The molecule has 0 spiro atoms. The van der Waals surface area contributed by atoms with Gasteiger partial charge < -0.3 is 10.6 Å². The highest BCUT2D eigenvalue weighted by atomic mass is 79.9. The second kappa shape index (κ2) is 5.45. The second-order valence-electron chi connectivity index (χ2n) is 6.31. The minimum atomic E-state index is 0.216. The van der Waals surface area contributed by atoms with Crippen molar-refractivity contribution in [1.82, 2.24) is 0 Å². The fourth-order valence-electron chi connectivity index (χ4n) is 3.69. The summed E-state index contributed by atoms with van der Waals surface area (Å²) >= 11 is 3.70. The molecule has 1 aliphatic carbocycles. The molecule has 1 aromatic rings. The van der Waals surface area contributed by atoms with Crippen LogP contribution in [0.2, 0.25) is 0 Å². The van der Waals surface area contributed by atoms with E-state index in [1.165, 1.54) is 48.1 Å². The van der Waals surface area contributed by atoms with E-state index < -0.39 is 0 Å². The summed E-state index contributed by atoms with van der Waals surface area (Å²) in [7, 11) is 0. The lowest BCUT2D eigenvalue weighted by atomic mass is 10.0. The molecule has 2 nitrogen and oxygen atoms in total. The standard InChI is InChI=1S/C16H23BrN2/c1-11(18)7-12-5-6-15(8-16(12)17)19-9-13-3-2-4-14(13)10-19/h5-6,8,11,13-14H,2-4,7,9-10,18H2,1H3. The first kappa shape index (κ1) is 13.4. The first-order chi connectivity index (χ1) is 9.13. The molecule has 2 N–H and O–H groups in total. The topological polar surface area (TPSA) is 29.3 Å². The van der Waals surface area contributed by atoms with Gasteiger partial charge in [0.05, 0.1) is 0 Å². The maximum Gasteiger partial charge on any atom is 0.0377 e. The van der Waals surface area contributed by atoms with E-state index in [4.69, 9.17) is 5.73 Å². The summed E-state index contributed by atoms with van der Waals surface area (Å²) < 4.78 is 1.21. The predicted molar refractivity (Wildman–Crippen MR) is 84.5 cm³/mol. The molecule has 0 radical (unpaired) electrons. The van der Waals surface area contributed by atoms with Gasteiger partial charge in [0.25, 0.3) is 0 Å². The molecule has 1 aromatic carbocycles. The molecule has 3 atom stereocenters. The Hall–Kier alpha value is -0.540. The summed E-state index contributed by atoms with van der Waals surface area (Å²) in [6.45, 7) is 4.56. The van der Waals surface area contributed by atoms with Crippen molar-refractivity contribution in [3.05, 3.63) is 28.2 Å². The third-order valence-electron chi connectivity index (χ3n) is 4.67. The average Bonchev–Trinajstić information content (AvgIpc) is 2.91. The van der Waals surface area contributed by atoms with Gasteiger partial charge in [0.2, 0.25) is 0 Å². The first-order valence-electron chi connectivity index (χ1n) is 7.42. The van der Waals surface area contributed by atoms with Gasteiger partial charge >= 0.3 is 0 Å². The molecular formula is C16H23BrN2. The smallest absolute Gasteiger partial charge is 0.0377 e. The molecule has 1 aliphatic heterocycles. The van der Waals surface area contributed by atoms with E-state index in [0.717, 1.165) is 18.3 Å². The molecule has 104 valence electrons. The fraction of sp³-hybridized carbons (Fsp3) is 0.625. The summed E-state index contributed by atoms with van der Waals surface area (Å²) in [4.78, 5) is 2.56. The minimum absolute atomic E-state index is 0.216. The predicted octanol–water partition coefficient (Wildman–Crippen LogP) is 3.58.